The van der Waals surface area contributed by atoms with E-state index in [1.807, 2.05) is 0 Å². The van der Waals surface area contributed by atoms with Gasteiger partial charge in [0.15, 0.2) is 10.5 Å². The van der Waals surface area contributed by atoms with Gasteiger partial charge >= 0.3 is 0 Å². The maximum absolute atomic E-state index is 12.4. The molecule has 0 aliphatic heterocycles. The van der Waals surface area contributed by atoms with Gasteiger partial charge < -0.3 is 9.87 Å². The summed E-state index contributed by atoms with van der Waals surface area (Å²) in [5.41, 5.74) is 2.17. The van der Waals surface area contributed by atoms with E-state index < -0.39 is 10.2 Å². The Balaban J connectivity index is 2.12. The lowest BCUT2D eigenvalue weighted by atomic mass is 10.1. The van der Waals surface area contributed by atoms with Crippen LogP contribution < -0.4 is 5.32 Å². The zero-order valence-electron chi connectivity index (χ0n) is 14.2. The van der Waals surface area contributed by atoms with E-state index >= 15 is 0 Å². The summed E-state index contributed by atoms with van der Waals surface area (Å²) in [6.07, 6.45) is 7.92. The van der Waals surface area contributed by atoms with Crippen LogP contribution in [0.3, 0.4) is 0 Å². The molecule has 3 rings (SSSR count). The van der Waals surface area contributed by atoms with Crippen molar-refractivity contribution in [1.29, 1.82) is 0 Å². The fourth-order valence-electron chi connectivity index (χ4n) is 2.55. The molecule has 1 aromatic carbocycles. The van der Waals surface area contributed by atoms with Gasteiger partial charge in [0.25, 0.3) is 5.91 Å². The van der Waals surface area contributed by atoms with Crippen LogP contribution in [-0.2, 0) is 21.5 Å². The normalized spacial score (nSPS) is 13.2. The van der Waals surface area contributed by atoms with Gasteiger partial charge in [-0.05, 0) is 30.3 Å². The largest absolute Gasteiger partial charge is 0.610 e. The van der Waals surface area contributed by atoms with E-state index in [4.69, 9.17) is 6.42 Å². The second-order valence-electron chi connectivity index (χ2n) is 5.74. The van der Waals surface area contributed by atoms with Crippen LogP contribution in [0.1, 0.15) is 10.4 Å². The number of terminal acetylenes is 1. The van der Waals surface area contributed by atoms with Gasteiger partial charge in [-0.2, -0.15) is 5.10 Å². The van der Waals surface area contributed by atoms with Gasteiger partial charge in [-0.3, -0.25) is 9.48 Å². The molecule has 0 spiro atoms. The molecule has 0 aliphatic carbocycles. The molecular formula is C18H16N4O3S. The van der Waals surface area contributed by atoms with Gasteiger partial charge in [-0.1, -0.05) is 5.92 Å². The first-order chi connectivity index (χ1) is 12.3. The molecule has 0 fully saturated rings. The minimum absolute atomic E-state index is 0.112. The fraction of sp³-hybridized carbons (Fsp3) is 0.167. The van der Waals surface area contributed by atoms with E-state index in [1.54, 1.807) is 36.1 Å². The molecular weight excluding hydrogens is 352 g/mol. The summed E-state index contributed by atoms with van der Waals surface area (Å²) >= 11 is 0. The third kappa shape index (κ3) is 3.35. The van der Waals surface area contributed by atoms with E-state index in [2.05, 4.69) is 21.3 Å². The van der Waals surface area contributed by atoms with Crippen molar-refractivity contribution in [3.05, 3.63) is 42.1 Å². The van der Waals surface area contributed by atoms with Crippen LogP contribution in [0.4, 0.5) is 0 Å². The lowest BCUT2D eigenvalue weighted by Crippen LogP contribution is -2.23. The van der Waals surface area contributed by atoms with Crippen LogP contribution in [0.5, 0.6) is 0 Å². The van der Waals surface area contributed by atoms with E-state index in [9.17, 15) is 13.6 Å². The number of amides is 1. The zero-order valence-corrected chi connectivity index (χ0v) is 15.0. The number of aromatic nitrogens is 3. The standard InChI is InChI=1S/C18H16N4O3S/c1-4-9-19-18(23)14-10-16(21-17-15(14)11-20-22(17)2)12-5-7-13(8-6-12)26(3,24)25/h1,5-8,10-11H,9H2,2-3H3,(H-,19,23,24,25). The number of carbonyl (C=O) groups excluding carboxylic acids is 1. The first-order valence-electron chi connectivity index (χ1n) is 7.66. The molecule has 3 aromatic rings. The predicted molar refractivity (Wildman–Crippen MR) is 98.1 cm³/mol. The summed E-state index contributed by atoms with van der Waals surface area (Å²) < 4.78 is 24.8. The molecule has 0 radical (unpaired) electrons. The summed E-state index contributed by atoms with van der Waals surface area (Å²) in [6.45, 7) is 0.112. The Bertz CT molecular complexity index is 1070. The van der Waals surface area contributed by atoms with Crippen molar-refractivity contribution in [3.63, 3.8) is 0 Å². The Morgan fingerprint density at radius 3 is 2.69 bits per heavy atom. The van der Waals surface area contributed by atoms with E-state index in [0.717, 1.165) is 6.26 Å². The van der Waals surface area contributed by atoms with E-state index in [1.165, 1.54) is 12.1 Å². The van der Waals surface area contributed by atoms with Gasteiger partial charge in [-0.15, -0.1) is 10.6 Å². The van der Waals surface area contributed by atoms with Crippen LogP contribution in [-0.4, -0.2) is 38.0 Å². The lowest BCUT2D eigenvalue weighted by molar-refractivity contribution is 0.0960. The first-order valence-corrected chi connectivity index (χ1v) is 9.55. The Morgan fingerprint density at radius 1 is 1.38 bits per heavy atom. The number of rotatable bonds is 4. The number of hydrogen-bond donors (Lipinski definition) is 1. The molecule has 0 bridgehead atoms. The molecule has 8 heteroatoms. The zero-order chi connectivity index (χ0) is 18.9. The molecule has 2 aromatic heterocycles. The predicted octanol–water partition coefficient (Wildman–Crippen LogP) is 1.62. The second-order valence-corrected chi connectivity index (χ2v) is 7.76. The quantitative estimate of drug-likeness (QED) is 0.557. The Hall–Kier alpha value is -3.02. The number of fused-ring (bicyclic) bond motifs is 1. The second kappa shape index (κ2) is 6.71. The van der Waals surface area contributed by atoms with Crippen molar-refractivity contribution in [1.82, 2.24) is 20.1 Å². The highest BCUT2D eigenvalue weighted by Crippen LogP contribution is 2.26. The van der Waals surface area contributed by atoms with Gasteiger partial charge in [-0.25, -0.2) is 4.98 Å². The fourth-order valence-corrected chi connectivity index (χ4v) is 3.18. The average molecular weight is 368 g/mol. The summed E-state index contributed by atoms with van der Waals surface area (Å²) in [5.74, 6) is 2.04. The number of pyridine rings is 1. The molecule has 0 saturated carbocycles. The van der Waals surface area contributed by atoms with Crippen molar-refractivity contribution in [3.8, 4) is 23.6 Å². The first kappa shape index (κ1) is 17.8. The SMILES string of the molecule is C#CCNC(=O)c1cc(-c2ccc([S+](C)(=O)[O-])cc2)nc2c1cnn2C. The van der Waals surface area contributed by atoms with Crippen molar-refractivity contribution >= 4 is 27.2 Å². The topological polar surface area (TPSA) is 99.9 Å². The maximum Gasteiger partial charge on any atom is 0.252 e. The van der Waals surface area contributed by atoms with Gasteiger partial charge in [0, 0.05) is 12.6 Å². The third-order valence-electron chi connectivity index (χ3n) is 3.88. The van der Waals surface area contributed by atoms with Gasteiger partial charge in [0.1, 0.15) is 6.26 Å². The highest BCUT2D eigenvalue weighted by Gasteiger charge is 2.17. The lowest BCUT2D eigenvalue weighted by Gasteiger charge is -2.10. The minimum Gasteiger partial charge on any atom is -0.610 e. The van der Waals surface area contributed by atoms with Crippen molar-refractivity contribution < 1.29 is 13.6 Å². The number of carbonyl (C=O) groups is 1. The summed E-state index contributed by atoms with van der Waals surface area (Å²) in [7, 11) is -1.55. The van der Waals surface area contributed by atoms with Crippen LogP contribution in [0, 0.1) is 12.3 Å². The van der Waals surface area contributed by atoms with Crippen molar-refractivity contribution in [2.24, 2.45) is 7.05 Å². The highest BCUT2D eigenvalue weighted by molar-refractivity contribution is 7.97. The molecule has 2 heterocycles. The number of aryl methyl sites for hydroxylation is 1. The van der Waals surface area contributed by atoms with E-state index in [0.29, 0.717) is 27.9 Å². The van der Waals surface area contributed by atoms with Gasteiger partial charge in [0.2, 0.25) is 0 Å². The number of benzene rings is 1. The smallest absolute Gasteiger partial charge is 0.252 e. The van der Waals surface area contributed by atoms with E-state index in [-0.39, 0.29) is 17.3 Å². The number of sulfone groups is 1. The molecule has 132 valence electrons. The molecule has 7 nitrogen and oxygen atoms in total. The highest BCUT2D eigenvalue weighted by atomic mass is 32.3. The van der Waals surface area contributed by atoms with Crippen LogP contribution >= 0.6 is 0 Å². The van der Waals surface area contributed by atoms with Crippen LogP contribution in [0.2, 0.25) is 0 Å². The van der Waals surface area contributed by atoms with Crippen molar-refractivity contribution in [2.75, 3.05) is 12.8 Å². The molecule has 1 N–H and O–H groups in total. The third-order valence-corrected chi connectivity index (χ3v) is 5.01. The number of hydrogen-bond acceptors (Lipinski definition) is 5. The Labute approximate surface area is 151 Å². The Morgan fingerprint density at radius 2 is 2.08 bits per heavy atom. The van der Waals surface area contributed by atoms with Gasteiger partial charge in [0.05, 0.1) is 39.6 Å². The molecule has 26 heavy (non-hydrogen) atoms. The average Bonchev–Trinajstić information content (AvgIpc) is 2.99. The number of nitrogens with zero attached hydrogens (tertiary/aromatic N) is 3. The monoisotopic (exact) mass is 368 g/mol. The molecule has 1 unspecified atom stereocenters. The minimum atomic E-state index is -3.28. The number of nitrogens with one attached hydrogen (secondary N) is 1. The molecule has 1 atom stereocenters. The van der Waals surface area contributed by atoms with Crippen LogP contribution in [0.15, 0.2) is 41.4 Å². The van der Waals surface area contributed by atoms with Crippen molar-refractivity contribution in [2.45, 2.75) is 4.90 Å². The summed E-state index contributed by atoms with van der Waals surface area (Å²) in [5, 5.41) is 7.40. The summed E-state index contributed by atoms with van der Waals surface area (Å²) in [6, 6.07) is 7.98. The molecule has 0 saturated heterocycles. The summed E-state index contributed by atoms with van der Waals surface area (Å²) in [4.78, 5) is 17.2. The molecule has 1 amide bonds. The maximum atomic E-state index is 12.4. The van der Waals surface area contributed by atoms with Crippen LogP contribution in [0.25, 0.3) is 22.3 Å². The Kier molecular flexibility index (Phi) is 4.59. The molecule has 0 aliphatic rings.